The molecule has 0 bridgehead atoms. The van der Waals surface area contributed by atoms with Crippen LogP contribution in [0.2, 0.25) is 0 Å². The van der Waals surface area contributed by atoms with E-state index in [0.717, 1.165) is 16.9 Å². The van der Waals surface area contributed by atoms with Crippen molar-refractivity contribution in [1.29, 1.82) is 0 Å². The Hall–Kier alpha value is -4.10. The second-order valence-corrected chi connectivity index (χ2v) is 10.4. The lowest BCUT2D eigenvalue weighted by atomic mass is 10.1. The predicted octanol–water partition coefficient (Wildman–Crippen LogP) is 2.34. The zero-order chi connectivity index (χ0) is 26.9. The molecule has 12 nitrogen and oxygen atoms in total. The van der Waals surface area contributed by atoms with E-state index in [1.54, 1.807) is 37.1 Å². The van der Waals surface area contributed by atoms with E-state index in [9.17, 15) is 8.42 Å². The van der Waals surface area contributed by atoms with E-state index in [2.05, 4.69) is 20.0 Å². The van der Waals surface area contributed by atoms with Gasteiger partial charge in [-0.1, -0.05) is 6.07 Å². The lowest BCUT2D eigenvalue weighted by Gasteiger charge is -2.36. The van der Waals surface area contributed by atoms with Gasteiger partial charge < -0.3 is 23.8 Å². The summed E-state index contributed by atoms with van der Waals surface area (Å²) in [4.78, 5) is 10.9. The van der Waals surface area contributed by atoms with Crippen molar-refractivity contribution in [2.24, 2.45) is 0 Å². The maximum atomic E-state index is 13.6. The Morgan fingerprint density at radius 3 is 2.18 bits per heavy atom. The molecular weight excluding hydrogens is 512 g/mol. The van der Waals surface area contributed by atoms with Gasteiger partial charge >= 0.3 is 0 Å². The number of methoxy groups -OCH3 is 4. The fraction of sp³-hybridized carbons (Fsp3) is 0.320. The number of aromatic nitrogens is 4. The first-order valence-corrected chi connectivity index (χ1v) is 13.2. The number of benzene rings is 2. The Balaban J connectivity index is 1.48. The quantitative estimate of drug-likeness (QED) is 0.329. The average Bonchev–Trinajstić information content (AvgIpc) is 3.45. The highest BCUT2D eigenvalue weighted by Gasteiger charge is 2.33. The molecule has 0 saturated carbocycles. The van der Waals surface area contributed by atoms with Crippen LogP contribution in [0.1, 0.15) is 0 Å². The maximum absolute atomic E-state index is 13.6. The van der Waals surface area contributed by atoms with Crippen molar-refractivity contribution < 1.29 is 27.4 Å². The number of ether oxygens (including phenoxy) is 4. The molecule has 0 unspecified atom stereocenters. The lowest BCUT2D eigenvalue weighted by molar-refractivity contribution is 0.355. The third-order valence-corrected chi connectivity index (χ3v) is 8.42. The highest BCUT2D eigenvalue weighted by Crippen LogP contribution is 2.37. The molecule has 38 heavy (non-hydrogen) atoms. The van der Waals surface area contributed by atoms with Crippen molar-refractivity contribution in [3.63, 3.8) is 0 Å². The summed E-state index contributed by atoms with van der Waals surface area (Å²) in [6.45, 7) is 1.36. The van der Waals surface area contributed by atoms with Crippen molar-refractivity contribution in [3.05, 3.63) is 48.9 Å². The number of sulfonamides is 1. The second kappa shape index (κ2) is 10.3. The Bertz CT molecular complexity index is 1570. The number of hydrogen-bond donors (Lipinski definition) is 0. The normalized spacial score (nSPS) is 14.5. The summed E-state index contributed by atoms with van der Waals surface area (Å²) in [5.41, 5.74) is 1.65. The van der Waals surface area contributed by atoms with Gasteiger partial charge in [-0.25, -0.2) is 13.4 Å². The van der Waals surface area contributed by atoms with E-state index in [1.165, 1.54) is 30.9 Å². The molecule has 2 aromatic heterocycles. The zero-order valence-corrected chi connectivity index (χ0v) is 22.3. The number of rotatable bonds is 8. The van der Waals surface area contributed by atoms with Gasteiger partial charge in [0, 0.05) is 44.0 Å². The molecule has 0 aliphatic carbocycles. The van der Waals surface area contributed by atoms with Gasteiger partial charge in [-0.15, -0.1) is 0 Å². The summed E-state index contributed by atoms with van der Waals surface area (Å²) in [6.07, 6.45) is 3.19. The molecule has 0 spiro atoms. The molecule has 13 heteroatoms. The smallest absolute Gasteiger partial charge is 0.254 e. The molecule has 1 aliphatic heterocycles. The number of anilines is 1. The summed E-state index contributed by atoms with van der Waals surface area (Å²) in [6, 6.07) is 10.4. The van der Waals surface area contributed by atoms with Crippen molar-refractivity contribution in [1.82, 2.24) is 23.9 Å². The van der Waals surface area contributed by atoms with Crippen molar-refractivity contribution >= 4 is 21.6 Å². The molecule has 2 aromatic carbocycles. The van der Waals surface area contributed by atoms with E-state index in [1.807, 2.05) is 18.2 Å². The Labute approximate surface area is 220 Å². The van der Waals surface area contributed by atoms with E-state index in [-0.39, 0.29) is 23.7 Å². The summed E-state index contributed by atoms with van der Waals surface area (Å²) in [5, 5.41) is 4.40. The molecule has 0 atom stereocenters. The zero-order valence-electron chi connectivity index (χ0n) is 21.5. The number of fused-ring (bicyclic) bond motifs is 1. The van der Waals surface area contributed by atoms with E-state index >= 15 is 0 Å². The Morgan fingerprint density at radius 1 is 0.789 bits per heavy atom. The first-order valence-electron chi connectivity index (χ1n) is 11.8. The van der Waals surface area contributed by atoms with Crippen LogP contribution >= 0.6 is 0 Å². The van der Waals surface area contributed by atoms with E-state index in [4.69, 9.17) is 18.9 Å². The second-order valence-electron chi connectivity index (χ2n) is 8.45. The Kier molecular flexibility index (Phi) is 6.95. The van der Waals surface area contributed by atoms with Gasteiger partial charge in [-0.05, 0) is 29.8 Å². The van der Waals surface area contributed by atoms with Gasteiger partial charge in [0.2, 0.25) is 10.0 Å². The summed E-state index contributed by atoms with van der Waals surface area (Å²) >= 11 is 0. The number of piperazine rings is 1. The minimum atomic E-state index is -3.83. The highest BCUT2D eigenvalue weighted by atomic mass is 32.2. The average molecular weight is 541 g/mol. The largest absolute Gasteiger partial charge is 0.497 e. The van der Waals surface area contributed by atoms with Gasteiger partial charge in [0.15, 0.2) is 11.5 Å². The molecule has 4 aromatic rings. The van der Waals surface area contributed by atoms with Gasteiger partial charge in [-0.2, -0.15) is 18.9 Å². The van der Waals surface area contributed by atoms with Crippen LogP contribution in [0.5, 0.6) is 23.0 Å². The minimum absolute atomic E-state index is 0.0707. The fourth-order valence-electron chi connectivity index (χ4n) is 4.54. The topological polar surface area (TPSA) is 121 Å². The van der Waals surface area contributed by atoms with Crippen molar-refractivity contribution in [2.75, 3.05) is 59.5 Å². The Morgan fingerprint density at radius 2 is 1.50 bits per heavy atom. The monoisotopic (exact) mass is 540 g/mol. The van der Waals surface area contributed by atoms with Gasteiger partial charge in [0.1, 0.15) is 28.5 Å². The minimum Gasteiger partial charge on any atom is -0.497 e. The van der Waals surface area contributed by atoms with Gasteiger partial charge in [0.25, 0.3) is 5.78 Å². The molecule has 1 saturated heterocycles. The molecule has 0 radical (unpaired) electrons. The fourth-order valence-corrected chi connectivity index (χ4v) is 6.14. The van der Waals surface area contributed by atoms with Crippen LogP contribution in [-0.2, 0) is 10.0 Å². The van der Waals surface area contributed by atoms with Crippen LogP contribution in [0.25, 0.3) is 16.9 Å². The highest BCUT2D eigenvalue weighted by molar-refractivity contribution is 7.89. The van der Waals surface area contributed by atoms with Crippen LogP contribution in [0.15, 0.2) is 53.8 Å². The summed E-state index contributed by atoms with van der Waals surface area (Å²) in [5.74, 6) is 3.10. The number of hydrogen-bond acceptors (Lipinski definition) is 10. The van der Waals surface area contributed by atoms with Crippen LogP contribution < -0.4 is 23.8 Å². The van der Waals surface area contributed by atoms with Gasteiger partial charge in [0.05, 0.1) is 28.4 Å². The van der Waals surface area contributed by atoms with Crippen molar-refractivity contribution in [2.45, 2.75) is 4.90 Å². The van der Waals surface area contributed by atoms with E-state index < -0.39 is 10.0 Å². The standard InChI is InChI=1S/C25H28N6O6S/c1-34-18-6-8-21(36-3)23(14-18)38(32,33)30-11-9-29(10-12-30)24-19(15-26-25-27-16-28-31(24)25)17-5-7-20(35-2)22(13-17)37-4/h5-8,13-16H,9-12H2,1-4H3. The molecule has 0 N–H and O–H groups in total. The summed E-state index contributed by atoms with van der Waals surface area (Å²) < 4.78 is 51.7. The third kappa shape index (κ3) is 4.43. The SMILES string of the molecule is COc1ccc(OC)c(S(=O)(=O)N2CCN(c3c(-c4ccc(OC)c(OC)c4)cnc4ncnn34)CC2)c1. The van der Waals surface area contributed by atoms with Crippen LogP contribution in [0.4, 0.5) is 5.82 Å². The van der Waals surface area contributed by atoms with Crippen molar-refractivity contribution in [3.8, 4) is 34.1 Å². The molecule has 1 aliphatic rings. The third-order valence-electron chi connectivity index (χ3n) is 6.50. The first kappa shape index (κ1) is 25.5. The summed E-state index contributed by atoms with van der Waals surface area (Å²) in [7, 11) is 2.27. The molecular formula is C25H28N6O6S. The van der Waals surface area contributed by atoms with E-state index in [0.29, 0.717) is 36.1 Å². The first-order chi connectivity index (χ1) is 18.4. The maximum Gasteiger partial charge on any atom is 0.254 e. The number of nitrogens with zero attached hydrogens (tertiary/aromatic N) is 6. The molecule has 200 valence electrons. The predicted molar refractivity (Wildman–Crippen MR) is 140 cm³/mol. The van der Waals surface area contributed by atoms with Gasteiger partial charge in [-0.3, -0.25) is 0 Å². The van der Waals surface area contributed by atoms with Crippen LogP contribution in [0, 0.1) is 0 Å². The van der Waals surface area contributed by atoms with Crippen LogP contribution in [-0.4, -0.2) is 86.9 Å². The lowest BCUT2D eigenvalue weighted by Crippen LogP contribution is -2.49. The molecule has 5 rings (SSSR count). The van der Waals surface area contributed by atoms with Crippen LogP contribution in [0.3, 0.4) is 0 Å². The molecule has 0 amide bonds. The molecule has 1 fully saturated rings. The molecule has 3 heterocycles.